The summed E-state index contributed by atoms with van der Waals surface area (Å²) in [5, 5.41) is 14.0. The summed E-state index contributed by atoms with van der Waals surface area (Å²) in [6.45, 7) is 2.93. The van der Waals surface area contributed by atoms with Gasteiger partial charge in [0.15, 0.2) is 11.6 Å². The van der Waals surface area contributed by atoms with E-state index >= 15 is 0 Å². The Bertz CT molecular complexity index is 2470. The number of methoxy groups -OCH3 is 1. The first-order chi connectivity index (χ1) is 25.4. The van der Waals surface area contributed by atoms with Gasteiger partial charge in [0.25, 0.3) is 5.91 Å². The Labute approximate surface area is 307 Å². The van der Waals surface area contributed by atoms with E-state index in [1.54, 1.807) is 24.5 Å². The second-order valence-electron chi connectivity index (χ2n) is 13.8. The lowest BCUT2D eigenvalue weighted by atomic mass is 9.89. The molecule has 0 saturated carbocycles. The maximum absolute atomic E-state index is 14.5. The normalized spacial score (nSPS) is 19.9. The third-order valence-corrected chi connectivity index (χ3v) is 12.3. The summed E-state index contributed by atoms with van der Waals surface area (Å²) in [6.07, 6.45) is 5.60. The number of benzene rings is 2. The predicted molar refractivity (Wildman–Crippen MR) is 195 cm³/mol. The molecule has 262 valence electrons. The molecule has 10 nitrogen and oxygen atoms in total. The van der Waals surface area contributed by atoms with Crippen molar-refractivity contribution in [3.8, 4) is 33.4 Å². The third-order valence-electron chi connectivity index (χ3n) is 10.9. The molecule has 4 aromatic heterocycles. The summed E-state index contributed by atoms with van der Waals surface area (Å²) in [5.41, 5.74) is 6.58. The zero-order valence-electron chi connectivity index (χ0n) is 28.3. The molecule has 0 bridgehead atoms. The third kappa shape index (κ3) is 4.83. The van der Waals surface area contributed by atoms with Gasteiger partial charge in [-0.25, -0.2) is 9.37 Å². The molecule has 0 spiro atoms. The summed E-state index contributed by atoms with van der Waals surface area (Å²) >= 11 is 7.87. The molecule has 2 aromatic carbocycles. The van der Waals surface area contributed by atoms with Crippen molar-refractivity contribution in [3.05, 3.63) is 99.0 Å². The first kappa shape index (κ1) is 31.6. The van der Waals surface area contributed by atoms with Crippen LogP contribution in [0.4, 0.5) is 10.2 Å². The van der Waals surface area contributed by atoms with Gasteiger partial charge in [0.1, 0.15) is 11.6 Å². The number of ether oxygens (including phenoxy) is 2. The number of thiophene rings is 1. The summed E-state index contributed by atoms with van der Waals surface area (Å²) in [5.74, 6) is 2.18. The minimum Gasteiger partial charge on any atom is -0.493 e. The largest absolute Gasteiger partial charge is 0.493 e. The Morgan fingerprint density at radius 1 is 1.10 bits per heavy atom. The fraction of sp³-hybridized carbons (Fsp3) is 0.308. The Kier molecular flexibility index (Phi) is 7.30. The molecule has 1 fully saturated rings. The van der Waals surface area contributed by atoms with Crippen molar-refractivity contribution in [1.29, 1.82) is 0 Å². The van der Waals surface area contributed by atoms with E-state index in [1.165, 1.54) is 13.2 Å². The number of halogens is 2. The van der Waals surface area contributed by atoms with Crippen molar-refractivity contribution in [2.45, 2.75) is 57.0 Å². The molecule has 4 aliphatic rings. The monoisotopic (exact) mass is 734 g/mol. The number of carbonyl (C=O) groups excluding carboxylic acids is 1. The zero-order chi connectivity index (χ0) is 35.2. The molecule has 0 radical (unpaired) electrons. The van der Waals surface area contributed by atoms with Gasteiger partial charge in [-0.2, -0.15) is 0 Å². The van der Waals surface area contributed by atoms with Crippen LogP contribution in [0.25, 0.3) is 32.0 Å². The molecule has 7 heterocycles. The molecule has 1 amide bonds. The molecule has 1 aliphatic carbocycles. The number of hydrogen-bond acceptors (Lipinski definition) is 10. The number of aryl methyl sites for hydroxylation is 1. The van der Waals surface area contributed by atoms with E-state index in [0.29, 0.717) is 59.7 Å². The van der Waals surface area contributed by atoms with Crippen LogP contribution in [0.5, 0.6) is 11.5 Å². The van der Waals surface area contributed by atoms with Crippen molar-refractivity contribution >= 4 is 44.7 Å². The van der Waals surface area contributed by atoms with E-state index in [0.717, 1.165) is 79.4 Å². The molecular weight excluding hydrogens is 703 g/mol. The maximum Gasteiger partial charge on any atom is 0.257 e. The van der Waals surface area contributed by atoms with Crippen molar-refractivity contribution < 1.29 is 23.1 Å². The van der Waals surface area contributed by atoms with Crippen LogP contribution in [-0.2, 0) is 12.8 Å². The van der Waals surface area contributed by atoms with Gasteiger partial charge in [-0.15, -0.1) is 21.5 Å². The van der Waals surface area contributed by atoms with Crippen LogP contribution in [0.3, 0.4) is 0 Å². The number of carbonyl (C=O) groups is 1. The first-order valence-electron chi connectivity index (χ1n) is 17.5. The molecule has 10 rings (SSSR count). The number of rotatable bonds is 7. The van der Waals surface area contributed by atoms with E-state index in [-0.39, 0.29) is 29.7 Å². The van der Waals surface area contributed by atoms with Crippen LogP contribution < -0.4 is 14.8 Å². The molecule has 52 heavy (non-hydrogen) atoms. The fourth-order valence-corrected chi connectivity index (χ4v) is 9.92. The quantitative estimate of drug-likeness (QED) is 0.172. The fourth-order valence-electron chi connectivity index (χ4n) is 8.59. The van der Waals surface area contributed by atoms with E-state index in [1.807, 2.05) is 35.2 Å². The standard InChI is InChI=1S/C39H32ClFN6O4S/c1-18-45-46-38(51-18)31-27(14-20-17-50-29-16-21(40)5-6-22(20)29)43-34-28-4-3-13-47(28)39(48)33(34)32(31)30-15-19-11-12-42-37(36(19)52-30)44-26-10-8-24-23(26)7-9-25(41)35(24)49-2/h5-7,9,11-12,15-16,20,26,28H,3-4,8,10,13-14,17H2,1-2H3,(H,42,44)/t20-,26-,28?/m0/s1. The highest BCUT2D eigenvalue weighted by Crippen LogP contribution is 2.51. The average Bonchev–Trinajstić information content (AvgIpc) is 3.99. The van der Waals surface area contributed by atoms with E-state index < -0.39 is 0 Å². The summed E-state index contributed by atoms with van der Waals surface area (Å²) in [4.78, 5) is 27.3. The van der Waals surface area contributed by atoms with Crippen LogP contribution in [0.2, 0.25) is 5.02 Å². The smallest absolute Gasteiger partial charge is 0.257 e. The maximum atomic E-state index is 14.5. The van der Waals surface area contributed by atoms with Gasteiger partial charge in [0, 0.05) is 58.6 Å². The highest BCUT2D eigenvalue weighted by molar-refractivity contribution is 7.23. The summed E-state index contributed by atoms with van der Waals surface area (Å²) in [6, 6.07) is 13.0. The molecule has 1 N–H and O–H groups in total. The summed E-state index contributed by atoms with van der Waals surface area (Å²) < 4.78 is 33.2. The molecule has 13 heteroatoms. The van der Waals surface area contributed by atoms with E-state index in [2.05, 4.69) is 21.6 Å². The highest BCUT2D eigenvalue weighted by atomic mass is 35.5. The van der Waals surface area contributed by atoms with Crippen LogP contribution in [0, 0.1) is 12.7 Å². The lowest BCUT2D eigenvalue weighted by Gasteiger charge is -2.18. The second kappa shape index (κ2) is 12.0. The summed E-state index contributed by atoms with van der Waals surface area (Å²) in [7, 11) is 1.51. The van der Waals surface area contributed by atoms with Crippen LogP contribution in [0.15, 0.2) is 53.1 Å². The number of aromatic nitrogens is 4. The number of anilines is 1. The molecule has 6 aromatic rings. The highest BCUT2D eigenvalue weighted by Gasteiger charge is 2.45. The number of hydrogen-bond donors (Lipinski definition) is 1. The molecule has 3 atom stereocenters. The topological polar surface area (TPSA) is 116 Å². The second-order valence-corrected chi connectivity index (χ2v) is 15.3. The zero-order valence-corrected chi connectivity index (χ0v) is 29.9. The number of fused-ring (bicyclic) bond motifs is 6. The predicted octanol–water partition coefficient (Wildman–Crippen LogP) is 8.63. The minimum atomic E-state index is -0.356. The Balaban J connectivity index is 1.14. The van der Waals surface area contributed by atoms with Gasteiger partial charge in [-0.05, 0) is 67.0 Å². The van der Waals surface area contributed by atoms with Crippen LogP contribution >= 0.6 is 22.9 Å². The lowest BCUT2D eigenvalue weighted by Crippen LogP contribution is -2.22. The van der Waals surface area contributed by atoms with Gasteiger partial charge in [0.05, 0.1) is 53.0 Å². The number of nitrogens with zero attached hydrogens (tertiary/aromatic N) is 5. The van der Waals surface area contributed by atoms with Crippen molar-refractivity contribution in [3.63, 3.8) is 0 Å². The Hall–Kier alpha value is -5.07. The van der Waals surface area contributed by atoms with E-state index in [4.69, 9.17) is 35.5 Å². The molecular formula is C39H32ClFN6O4S. The number of pyridine rings is 2. The average molecular weight is 735 g/mol. The van der Waals surface area contributed by atoms with Gasteiger partial charge in [0.2, 0.25) is 11.8 Å². The van der Waals surface area contributed by atoms with Gasteiger partial charge >= 0.3 is 0 Å². The van der Waals surface area contributed by atoms with Gasteiger partial charge < -0.3 is 24.1 Å². The molecule has 1 unspecified atom stereocenters. The first-order valence-corrected chi connectivity index (χ1v) is 18.7. The Morgan fingerprint density at radius 3 is 2.83 bits per heavy atom. The SMILES string of the molecule is COc1c(F)ccc2c1CC[C@@H]2Nc1nccc2cc(-c3c4c(nc(C[C@H]5COc6cc(Cl)ccc65)c3-c3nnc(C)o3)C3CCCN3C4=O)sc12. The van der Waals surface area contributed by atoms with Crippen molar-refractivity contribution in [2.75, 3.05) is 25.6 Å². The van der Waals surface area contributed by atoms with Crippen molar-refractivity contribution in [2.24, 2.45) is 0 Å². The van der Waals surface area contributed by atoms with Crippen LogP contribution in [0.1, 0.15) is 81.6 Å². The lowest BCUT2D eigenvalue weighted by molar-refractivity contribution is 0.0776. The van der Waals surface area contributed by atoms with Crippen molar-refractivity contribution in [1.82, 2.24) is 25.1 Å². The van der Waals surface area contributed by atoms with Crippen LogP contribution in [-0.4, -0.2) is 51.2 Å². The Morgan fingerprint density at radius 2 is 1.98 bits per heavy atom. The molecule has 3 aliphatic heterocycles. The minimum absolute atomic E-state index is 0.00835. The molecule has 1 saturated heterocycles. The number of nitrogens with one attached hydrogen (secondary N) is 1. The van der Waals surface area contributed by atoms with Gasteiger partial charge in [-0.3, -0.25) is 9.78 Å². The van der Waals surface area contributed by atoms with E-state index in [9.17, 15) is 9.18 Å². The number of amides is 1. The van der Waals surface area contributed by atoms with Gasteiger partial charge in [-0.1, -0.05) is 23.7 Å².